The highest BCUT2D eigenvalue weighted by Crippen LogP contribution is 2.55. The fraction of sp³-hybridized carbons (Fsp3) is 0.528. The van der Waals surface area contributed by atoms with Crippen LogP contribution in [0.4, 0.5) is 0 Å². The topological polar surface area (TPSA) is 235 Å². The Morgan fingerprint density at radius 1 is 0.981 bits per heavy atom. The van der Waals surface area contributed by atoms with Crippen LogP contribution in [0.5, 0.6) is 0 Å². The summed E-state index contributed by atoms with van der Waals surface area (Å²) < 4.78 is 28.5. The van der Waals surface area contributed by atoms with Gasteiger partial charge in [-0.2, -0.15) is 5.06 Å². The predicted molar refractivity (Wildman–Crippen MR) is 179 cm³/mol. The van der Waals surface area contributed by atoms with E-state index < -0.39 is 85.1 Å². The first-order valence-corrected chi connectivity index (χ1v) is 17.5. The number of benzene rings is 2. The summed E-state index contributed by atoms with van der Waals surface area (Å²) in [6.07, 6.45) is -6.16. The zero-order chi connectivity index (χ0) is 37.3. The highest BCUT2D eigenvalue weighted by molar-refractivity contribution is 5.95. The van der Waals surface area contributed by atoms with Crippen LogP contribution in [0.1, 0.15) is 33.5 Å². The number of carbonyl (C=O) groups excluding carboxylic acids is 3. The van der Waals surface area contributed by atoms with Crippen molar-refractivity contribution in [2.75, 3.05) is 33.2 Å². The molecule has 2 aromatic carbocycles. The summed E-state index contributed by atoms with van der Waals surface area (Å²) in [5, 5.41) is 55.7. The summed E-state index contributed by atoms with van der Waals surface area (Å²) in [5.41, 5.74) is 1.17. The zero-order valence-corrected chi connectivity index (χ0v) is 28.6. The quantitative estimate of drug-likeness (QED) is 0.111. The third kappa shape index (κ3) is 7.22. The Bertz CT molecular complexity index is 1690. The van der Waals surface area contributed by atoms with Crippen LogP contribution in [-0.4, -0.2) is 143 Å². The van der Waals surface area contributed by atoms with Gasteiger partial charge in [0.25, 0.3) is 5.91 Å². The molecule has 2 aromatic rings. The number of hydroxylamine groups is 2. The van der Waals surface area contributed by atoms with Gasteiger partial charge < -0.3 is 59.9 Å². The van der Waals surface area contributed by atoms with Crippen LogP contribution in [0.25, 0.3) is 6.08 Å². The third-order valence-corrected chi connectivity index (χ3v) is 10.3. The van der Waals surface area contributed by atoms with Gasteiger partial charge in [-0.25, -0.2) is 0 Å². The van der Waals surface area contributed by atoms with Crippen molar-refractivity contribution in [2.24, 2.45) is 5.41 Å². The molecule has 1 saturated carbocycles. The van der Waals surface area contributed by atoms with E-state index in [1.165, 1.54) is 5.06 Å². The Balaban J connectivity index is 1.05. The summed E-state index contributed by atoms with van der Waals surface area (Å²) >= 11 is 0. The van der Waals surface area contributed by atoms with Gasteiger partial charge >= 0.3 is 5.97 Å². The molecule has 5 fully saturated rings. The molecule has 0 radical (unpaired) electrons. The van der Waals surface area contributed by atoms with Crippen molar-refractivity contribution in [1.29, 1.82) is 0 Å². The molecule has 4 aliphatic heterocycles. The normalized spacial score (nSPS) is 34.8. The Morgan fingerprint density at radius 3 is 2.58 bits per heavy atom. The van der Waals surface area contributed by atoms with E-state index in [4.69, 9.17) is 33.6 Å². The van der Waals surface area contributed by atoms with Crippen molar-refractivity contribution in [1.82, 2.24) is 15.7 Å². The van der Waals surface area contributed by atoms with Gasteiger partial charge in [-0.15, -0.1) is 0 Å². The summed E-state index contributed by atoms with van der Waals surface area (Å²) in [6.45, 7) is -0.529. The fourth-order valence-corrected chi connectivity index (χ4v) is 7.79. The molecule has 4 saturated heterocycles. The molecule has 7 rings (SSSR count). The SMILES string of the molecule is O=C(NCCO)c1cccc(CNC(=O)C23CC4OC(=O)C2N(Cc2cccc(C=CCOC5OC(CO)C(O)C(O)C5O)c2)OC3C2OCOC42)c1. The Kier molecular flexibility index (Phi) is 11.2. The minimum atomic E-state index is -1.55. The van der Waals surface area contributed by atoms with Gasteiger partial charge in [0.05, 0.1) is 26.4 Å². The molecular weight excluding hydrogens is 698 g/mol. The van der Waals surface area contributed by atoms with E-state index in [1.807, 2.05) is 24.3 Å². The van der Waals surface area contributed by atoms with Gasteiger partial charge in [-0.1, -0.05) is 48.6 Å². The fourth-order valence-electron chi connectivity index (χ4n) is 7.79. The van der Waals surface area contributed by atoms with Crippen LogP contribution in [-0.2, 0) is 51.2 Å². The second-order valence-electron chi connectivity index (χ2n) is 13.6. The lowest BCUT2D eigenvalue weighted by molar-refractivity contribution is -0.298. The van der Waals surface area contributed by atoms with Crippen LogP contribution < -0.4 is 10.6 Å². The number of fused-ring (bicyclic) bond motifs is 4. The average Bonchev–Trinajstić information content (AvgIpc) is 3.80. The molecule has 2 amide bonds. The Hall–Kier alpha value is -3.85. The summed E-state index contributed by atoms with van der Waals surface area (Å²) in [4.78, 5) is 47.0. The molecule has 53 heavy (non-hydrogen) atoms. The van der Waals surface area contributed by atoms with Gasteiger partial charge in [-0.3, -0.25) is 19.2 Å². The third-order valence-electron chi connectivity index (χ3n) is 10.3. The lowest BCUT2D eigenvalue weighted by Crippen LogP contribution is -2.69. The number of aliphatic hydroxyl groups excluding tert-OH is 5. The van der Waals surface area contributed by atoms with Gasteiger partial charge in [-0.05, 0) is 28.8 Å². The standard InChI is InChI=1S/C36H43N3O14/c40-10-9-37-32(45)22-8-2-5-20(13-22)15-38-35(47)36-14-23-28-29(50-18-49-28)31(36)53-39(30(36)33(46)51-23)16-21-6-1-4-19(12-21)7-3-11-48-34-27(44)26(43)25(42)24(17-41)52-34/h1-8,12-13,23-31,34,40-44H,9-11,14-18H2,(H,37,45)(H,38,47). The summed E-state index contributed by atoms with van der Waals surface area (Å²) in [5.74, 6) is -1.39. The molecule has 17 heteroatoms. The molecule has 17 nitrogen and oxygen atoms in total. The molecule has 1 aliphatic carbocycles. The summed E-state index contributed by atoms with van der Waals surface area (Å²) in [7, 11) is 0. The van der Waals surface area contributed by atoms with Crippen molar-refractivity contribution in [3.05, 3.63) is 76.9 Å². The maximum atomic E-state index is 14.3. The van der Waals surface area contributed by atoms with Crippen LogP contribution in [0.2, 0.25) is 0 Å². The van der Waals surface area contributed by atoms with Crippen LogP contribution >= 0.6 is 0 Å². The second-order valence-corrected chi connectivity index (χ2v) is 13.6. The second kappa shape index (κ2) is 15.9. The predicted octanol–water partition coefficient (Wildman–Crippen LogP) is -1.90. The number of hydrogen-bond donors (Lipinski definition) is 7. The molecule has 0 aromatic heterocycles. The van der Waals surface area contributed by atoms with E-state index in [-0.39, 0.29) is 52.0 Å². The minimum absolute atomic E-state index is 0.0254. The molecule has 11 unspecified atom stereocenters. The summed E-state index contributed by atoms with van der Waals surface area (Å²) in [6, 6.07) is 13.0. The largest absolute Gasteiger partial charge is 0.458 e. The number of carbonyl (C=O) groups is 3. The first-order chi connectivity index (χ1) is 25.6. The van der Waals surface area contributed by atoms with E-state index in [9.17, 15) is 34.8 Å². The van der Waals surface area contributed by atoms with Crippen molar-refractivity contribution < 1.29 is 68.4 Å². The maximum Gasteiger partial charge on any atom is 0.327 e. The molecule has 11 atom stereocenters. The van der Waals surface area contributed by atoms with Crippen molar-refractivity contribution in [3.63, 3.8) is 0 Å². The van der Waals surface area contributed by atoms with Gasteiger partial charge in [0.15, 0.2) is 12.3 Å². The highest BCUT2D eigenvalue weighted by Gasteiger charge is 2.74. The molecule has 5 aliphatic rings. The van der Waals surface area contributed by atoms with Crippen molar-refractivity contribution in [3.8, 4) is 0 Å². The molecule has 2 bridgehead atoms. The lowest BCUT2D eigenvalue weighted by atomic mass is 9.62. The molecule has 7 N–H and O–H groups in total. The highest BCUT2D eigenvalue weighted by atomic mass is 16.8. The monoisotopic (exact) mass is 741 g/mol. The minimum Gasteiger partial charge on any atom is -0.458 e. The first-order valence-electron chi connectivity index (χ1n) is 17.5. The van der Waals surface area contributed by atoms with E-state index in [0.29, 0.717) is 11.1 Å². The zero-order valence-electron chi connectivity index (χ0n) is 28.6. The van der Waals surface area contributed by atoms with Crippen molar-refractivity contribution in [2.45, 2.75) is 80.7 Å². The smallest absolute Gasteiger partial charge is 0.327 e. The van der Waals surface area contributed by atoms with E-state index in [1.54, 1.807) is 36.4 Å². The number of amides is 2. The first kappa shape index (κ1) is 37.5. The number of rotatable bonds is 13. The number of aliphatic hydroxyl groups is 5. The average molecular weight is 742 g/mol. The number of ether oxygens (including phenoxy) is 5. The number of esters is 1. The van der Waals surface area contributed by atoms with Crippen LogP contribution in [0, 0.1) is 5.41 Å². The molecule has 286 valence electrons. The van der Waals surface area contributed by atoms with Gasteiger partial charge in [0.2, 0.25) is 5.91 Å². The Morgan fingerprint density at radius 2 is 1.77 bits per heavy atom. The maximum absolute atomic E-state index is 14.3. The van der Waals surface area contributed by atoms with E-state index in [2.05, 4.69) is 10.6 Å². The van der Waals surface area contributed by atoms with Crippen molar-refractivity contribution >= 4 is 23.9 Å². The number of nitrogens with one attached hydrogen (secondary N) is 2. The Labute approximate surface area is 303 Å². The molecule has 0 spiro atoms. The number of nitrogens with zero attached hydrogens (tertiary/aromatic N) is 1. The van der Waals surface area contributed by atoms with E-state index in [0.717, 1.165) is 11.1 Å². The van der Waals surface area contributed by atoms with Crippen LogP contribution in [0.3, 0.4) is 0 Å². The van der Waals surface area contributed by atoms with E-state index >= 15 is 0 Å². The molecular formula is C36H43N3O14. The number of hydrogen-bond acceptors (Lipinski definition) is 15. The lowest BCUT2D eigenvalue weighted by Gasteiger charge is -2.48. The van der Waals surface area contributed by atoms with Crippen LogP contribution in [0.15, 0.2) is 54.6 Å². The van der Waals surface area contributed by atoms with Gasteiger partial charge in [0, 0.05) is 25.1 Å². The van der Waals surface area contributed by atoms with Gasteiger partial charge in [0.1, 0.15) is 61.0 Å². The molecule has 4 heterocycles.